The Morgan fingerprint density at radius 2 is 2.00 bits per heavy atom. The highest BCUT2D eigenvalue weighted by Crippen LogP contribution is 2.27. The van der Waals surface area contributed by atoms with Crippen molar-refractivity contribution in [3.8, 4) is 0 Å². The van der Waals surface area contributed by atoms with E-state index in [0.717, 1.165) is 25.9 Å². The van der Waals surface area contributed by atoms with E-state index in [-0.39, 0.29) is 18.0 Å². The predicted octanol–water partition coefficient (Wildman–Crippen LogP) is 1.93. The summed E-state index contributed by atoms with van der Waals surface area (Å²) in [6.45, 7) is 6.04. The fourth-order valence-corrected chi connectivity index (χ4v) is 3.12. The van der Waals surface area contributed by atoms with Crippen molar-refractivity contribution in [3.63, 3.8) is 0 Å². The quantitative estimate of drug-likeness (QED) is 0.821. The number of rotatable bonds is 3. The Balaban J connectivity index is 1.78. The number of carboxylic acids is 1. The molecule has 2 N–H and O–H groups in total. The van der Waals surface area contributed by atoms with Gasteiger partial charge in [0, 0.05) is 19.1 Å². The number of carbonyl (C=O) groups excluding carboxylic acids is 1. The largest absolute Gasteiger partial charge is 0.481 e. The Morgan fingerprint density at radius 3 is 2.53 bits per heavy atom. The van der Waals surface area contributed by atoms with Crippen LogP contribution in [0.25, 0.3) is 0 Å². The molecule has 5 heteroatoms. The van der Waals surface area contributed by atoms with Crippen molar-refractivity contribution in [1.29, 1.82) is 0 Å². The van der Waals surface area contributed by atoms with E-state index in [1.54, 1.807) is 0 Å². The Labute approximate surface area is 114 Å². The lowest BCUT2D eigenvalue weighted by molar-refractivity contribution is -0.141. The van der Waals surface area contributed by atoms with Crippen molar-refractivity contribution in [1.82, 2.24) is 10.2 Å². The first-order valence-electron chi connectivity index (χ1n) is 7.25. The van der Waals surface area contributed by atoms with E-state index in [4.69, 9.17) is 5.11 Å². The summed E-state index contributed by atoms with van der Waals surface area (Å²) in [5.74, 6) is 0.187. The van der Waals surface area contributed by atoms with Crippen LogP contribution >= 0.6 is 0 Å². The van der Waals surface area contributed by atoms with E-state index >= 15 is 0 Å². The van der Waals surface area contributed by atoms with Gasteiger partial charge in [-0.1, -0.05) is 13.8 Å². The molecule has 1 saturated heterocycles. The van der Waals surface area contributed by atoms with Crippen molar-refractivity contribution < 1.29 is 14.7 Å². The summed E-state index contributed by atoms with van der Waals surface area (Å²) < 4.78 is 0. The van der Waals surface area contributed by atoms with Gasteiger partial charge in [-0.05, 0) is 37.5 Å². The summed E-state index contributed by atoms with van der Waals surface area (Å²) in [6.07, 6.45) is 3.11. The average molecular weight is 268 g/mol. The molecule has 2 fully saturated rings. The van der Waals surface area contributed by atoms with Gasteiger partial charge in [0.25, 0.3) is 0 Å². The monoisotopic (exact) mass is 268 g/mol. The molecule has 2 amide bonds. The highest BCUT2D eigenvalue weighted by molar-refractivity contribution is 5.75. The maximum Gasteiger partial charge on any atom is 0.317 e. The number of carbonyl (C=O) groups is 2. The van der Waals surface area contributed by atoms with Crippen molar-refractivity contribution in [2.75, 3.05) is 13.1 Å². The maximum absolute atomic E-state index is 12.1. The van der Waals surface area contributed by atoms with Gasteiger partial charge in [-0.25, -0.2) is 4.79 Å². The Morgan fingerprint density at radius 1 is 1.26 bits per heavy atom. The number of nitrogens with zero attached hydrogens (tertiary/aromatic N) is 1. The summed E-state index contributed by atoms with van der Waals surface area (Å²) in [7, 11) is 0. The Hall–Kier alpha value is -1.26. The molecule has 1 aliphatic carbocycles. The molecular weight excluding hydrogens is 244 g/mol. The second-order valence-electron chi connectivity index (χ2n) is 6.23. The normalized spacial score (nSPS) is 30.9. The van der Waals surface area contributed by atoms with Crippen LogP contribution in [0, 0.1) is 17.8 Å². The number of likely N-dealkylation sites (tertiary alicyclic amines) is 1. The molecule has 3 unspecified atom stereocenters. The smallest absolute Gasteiger partial charge is 0.317 e. The Bertz CT molecular complexity index is 357. The molecule has 19 heavy (non-hydrogen) atoms. The lowest BCUT2D eigenvalue weighted by atomic mass is 9.95. The zero-order valence-electron chi connectivity index (χ0n) is 11.8. The van der Waals surface area contributed by atoms with Crippen LogP contribution in [0.4, 0.5) is 4.79 Å². The number of aliphatic carboxylic acids is 1. The molecule has 2 aliphatic rings. The van der Waals surface area contributed by atoms with Gasteiger partial charge in [0.15, 0.2) is 0 Å². The number of amides is 2. The summed E-state index contributed by atoms with van der Waals surface area (Å²) in [5, 5.41) is 11.9. The van der Waals surface area contributed by atoms with Crippen molar-refractivity contribution in [3.05, 3.63) is 0 Å². The summed E-state index contributed by atoms with van der Waals surface area (Å²) in [5.41, 5.74) is 0. The van der Waals surface area contributed by atoms with Crippen LogP contribution in [0.3, 0.4) is 0 Å². The van der Waals surface area contributed by atoms with Crippen molar-refractivity contribution in [2.24, 2.45) is 17.8 Å². The molecule has 1 saturated carbocycles. The van der Waals surface area contributed by atoms with Crippen LogP contribution in [0.1, 0.15) is 39.5 Å². The minimum Gasteiger partial charge on any atom is -0.481 e. The minimum absolute atomic E-state index is 0.0146. The molecule has 2 rings (SSSR count). The Kier molecular flexibility index (Phi) is 4.32. The minimum atomic E-state index is -0.738. The standard InChI is InChI=1S/C14H24N2O3/c1-9(2)11-5-6-16(8-11)14(19)15-12-4-3-10(7-12)13(17)18/h9-12H,3-8H2,1-2H3,(H,15,19)(H,17,18). The van der Waals surface area contributed by atoms with Gasteiger partial charge in [0.1, 0.15) is 0 Å². The molecule has 1 aliphatic heterocycles. The summed E-state index contributed by atoms with van der Waals surface area (Å²) >= 11 is 0. The molecule has 0 bridgehead atoms. The van der Waals surface area contributed by atoms with E-state index in [2.05, 4.69) is 19.2 Å². The van der Waals surface area contributed by atoms with Gasteiger partial charge in [0.05, 0.1) is 5.92 Å². The molecule has 0 aromatic heterocycles. The fourth-order valence-electron chi connectivity index (χ4n) is 3.12. The molecule has 0 aromatic rings. The number of carboxylic acid groups (broad SMARTS) is 1. The molecule has 1 heterocycles. The SMILES string of the molecule is CC(C)C1CCN(C(=O)NC2CCC(C(=O)O)C2)C1. The van der Waals surface area contributed by atoms with Crippen LogP contribution in [-0.2, 0) is 4.79 Å². The average Bonchev–Trinajstić information content (AvgIpc) is 2.96. The maximum atomic E-state index is 12.1. The number of hydrogen-bond acceptors (Lipinski definition) is 2. The van der Waals surface area contributed by atoms with Gasteiger partial charge in [-0.15, -0.1) is 0 Å². The first kappa shape index (κ1) is 14.2. The lowest BCUT2D eigenvalue weighted by Gasteiger charge is -2.21. The second kappa shape index (κ2) is 5.80. The van der Waals surface area contributed by atoms with E-state index in [1.807, 2.05) is 4.90 Å². The van der Waals surface area contributed by atoms with Crippen LogP contribution in [0.2, 0.25) is 0 Å². The van der Waals surface area contributed by atoms with Gasteiger partial charge in [-0.3, -0.25) is 4.79 Å². The molecule has 3 atom stereocenters. The summed E-state index contributed by atoms with van der Waals surface area (Å²) in [4.78, 5) is 24.9. The molecule has 5 nitrogen and oxygen atoms in total. The third kappa shape index (κ3) is 3.39. The first-order valence-corrected chi connectivity index (χ1v) is 7.25. The van der Waals surface area contributed by atoms with Gasteiger partial charge in [-0.2, -0.15) is 0 Å². The number of nitrogens with one attached hydrogen (secondary N) is 1. The molecule has 0 aromatic carbocycles. The van der Waals surface area contributed by atoms with Crippen LogP contribution in [-0.4, -0.2) is 41.1 Å². The van der Waals surface area contributed by atoms with Gasteiger partial charge >= 0.3 is 12.0 Å². The predicted molar refractivity (Wildman–Crippen MR) is 71.8 cm³/mol. The second-order valence-corrected chi connectivity index (χ2v) is 6.23. The fraction of sp³-hybridized carbons (Fsp3) is 0.857. The van der Waals surface area contributed by atoms with E-state index in [0.29, 0.717) is 24.7 Å². The third-order valence-corrected chi connectivity index (χ3v) is 4.56. The van der Waals surface area contributed by atoms with Gasteiger partial charge in [0.2, 0.25) is 0 Å². The number of hydrogen-bond donors (Lipinski definition) is 2. The topological polar surface area (TPSA) is 69.6 Å². The highest BCUT2D eigenvalue weighted by atomic mass is 16.4. The zero-order chi connectivity index (χ0) is 14.0. The molecule has 0 spiro atoms. The third-order valence-electron chi connectivity index (χ3n) is 4.56. The van der Waals surface area contributed by atoms with Crippen LogP contribution in [0.15, 0.2) is 0 Å². The van der Waals surface area contributed by atoms with Gasteiger partial charge < -0.3 is 15.3 Å². The molecular formula is C14H24N2O3. The van der Waals surface area contributed by atoms with Crippen LogP contribution < -0.4 is 5.32 Å². The zero-order valence-corrected chi connectivity index (χ0v) is 11.8. The van der Waals surface area contributed by atoms with E-state index in [1.165, 1.54) is 0 Å². The number of urea groups is 1. The van der Waals surface area contributed by atoms with Crippen LogP contribution in [0.5, 0.6) is 0 Å². The summed E-state index contributed by atoms with van der Waals surface area (Å²) in [6, 6.07) is 0.0193. The molecule has 0 radical (unpaired) electrons. The lowest BCUT2D eigenvalue weighted by Crippen LogP contribution is -2.43. The van der Waals surface area contributed by atoms with E-state index in [9.17, 15) is 9.59 Å². The van der Waals surface area contributed by atoms with Crippen molar-refractivity contribution >= 4 is 12.0 Å². The highest BCUT2D eigenvalue weighted by Gasteiger charge is 2.33. The first-order chi connectivity index (χ1) is 8.97. The van der Waals surface area contributed by atoms with Crippen molar-refractivity contribution in [2.45, 2.75) is 45.6 Å². The molecule has 108 valence electrons. The van der Waals surface area contributed by atoms with E-state index < -0.39 is 5.97 Å².